The summed E-state index contributed by atoms with van der Waals surface area (Å²) in [4.78, 5) is 4.05. The summed E-state index contributed by atoms with van der Waals surface area (Å²) < 4.78 is 43.4. The second-order valence-corrected chi connectivity index (χ2v) is 10.6. The smallest absolute Gasteiger partial charge is 0.240 e. The fourth-order valence-corrected chi connectivity index (χ4v) is 3.89. The van der Waals surface area contributed by atoms with Crippen LogP contribution in [0.3, 0.4) is 0 Å². The Hall–Kier alpha value is -1.79. The average Bonchev–Trinajstić information content (AvgIpc) is 2.53. The normalized spacial score (nSPS) is 13.0. The number of pyridine rings is 1. The van der Waals surface area contributed by atoms with E-state index in [1.54, 1.807) is 12.4 Å². The van der Waals surface area contributed by atoms with Crippen LogP contribution in [0.15, 0.2) is 41.6 Å². The van der Waals surface area contributed by atoms with E-state index in [0.717, 1.165) is 5.56 Å². The zero-order valence-corrected chi connectivity index (χ0v) is 17.7. The summed E-state index contributed by atoms with van der Waals surface area (Å²) in [5, 5.41) is 0. The van der Waals surface area contributed by atoms with E-state index >= 15 is 4.39 Å². The molecule has 0 bridgehead atoms. The Morgan fingerprint density at radius 2 is 1.44 bits per heavy atom. The number of benzene rings is 1. The van der Waals surface area contributed by atoms with Crippen molar-refractivity contribution in [3.05, 3.63) is 59.2 Å². The van der Waals surface area contributed by atoms with Crippen LogP contribution in [0.2, 0.25) is 0 Å². The van der Waals surface area contributed by atoms with Crippen LogP contribution in [-0.4, -0.2) is 19.9 Å². The minimum atomic E-state index is -3.75. The Morgan fingerprint density at radius 1 is 0.963 bits per heavy atom. The Balaban J connectivity index is 2.37. The van der Waals surface area contributed by atoms with Gasteiger partial charge in [-0.2, -0.15) is 0 Å². The second-order valence-electron chi connectivity index (χ2n) is 8.84. The minimum absolute atomic E-state index is 0.105. The first-order valence-corrected chi connectivity index (χ1v) is 10.5. The Kier molecular flexibility index (Phi) is 6.12. The lowest BCUT2D eigenvalue weighted by molar-refractivity contribution is 0.478. The Bertz CT molecular complexity index is 861. The topological polar surface area (TPSA) is 59.1 Å². The molecule has 1 N–H and O–H groups in total. The molecule has 148 valence electrons. The van der Waals surface area contributed by atoms with Gasteiger partial charge in [-0.1, -0.05) is 41.5 Å². The molecule has 0 saturated heterocycles. The predicted octanol–water partition coefficient (Wildman–Crippen LogP) is 4.34. The molecule has 4 nitrogen and oxygen atoms in total. The van der Waals surface area contributed by atoms with Crippen LogP contribution < -0.4 is 4.72 Å². The fourth-order valence-electron chi connectivity index (χ4n) is 2.81. The van der Waals surface area contributed by atoms with Crippen molar-refractivity contribution >= 4 is 10.0 Å². The van der Waals surface area contributed by atoms with E-state index in [9.17, 15) is 8.42 Å². The molecule has 0 atom stereocenters. The third-order valence-corrected chi connectivity index (χ3v) is 5.87. The lowest BCUT2D eigenvalue weighted by Gasteiger charge is -2.27. The summed E-state index contributed by atoms with van der Waals surface area (Å²) >= 11 is 0. The highest BCUT2D eigenvalue weighted by molar-refractivity contribution is 7.89. The molecule has 6 heteroatoms. The summed E-state index contributed by atoms with van der Waals surface area (Å²) in [6.07, 6.45) is 3.91. The van der Waals surface area contributed by atoms with Crippen LogP contribution in [0.25, 0.3) is 0 Å². The maximum atomic E-state index is 15.1. The van der Waals surface area contributed by atoms with Gasteiger partial charge in [0.25, 0.3) is 0 Å². The fraction of sp³-hybridized carbons (Fsp3) is 0.476. The molecule has 0 fully saturated rings. The van der Waals surface area contributed by atoms with E-state index < -0.39 is 20.9 Å². The molecule has 1 aromatic heterocycles. The number of hydrogen-bond donors (Lipinski definition) is 1. The summed E-state index contributed by atoms with van der Waals surface area (Å²) in [6.45, 7) is 11.5. The van der Waals surface area contributed by atoms with Crippen LogP contribution in [0.1, 0.15) is 58.2 Å². The number of sulfonamides is 1. The maximum Gasteiger partial charge on any atom is 0.240 e. The molecule has 0 spiro atoms. The molecular formula is C21H29FN2O2S. The van der Waals surface area contributed by atoms with Gasteiger partial charge in [-0.05, 0) is 58.2 Å². The molecule has 0 aliphatic rings. The summed E-state index contributed by atoms with van der Waals surface area (Å²) in [7, 11) is -3.75. The molecule has 0 unspecified atom stereocenters. The van der Waals surface area contributed by atoms with Crippen LogP contribution >= 0.6 is 0 Å². The van der Waals surface area contributed by atoms with Gasteiger partial charge in [0.2, 0.25) is 10.0 Å². The molecule has 1 heterocycles. The highest BCUT2D eigenvalue weighted by Crippen LogP contribution is 2.35. The minimum Gasteiger partial charge on any atom is -0.265 e. The number of nitrogens with zero attached hydrogens (tertiary/aromatic N) is 1. The Morgan fingerprint density at radius 3 is 1.89 bits per heavy atom. The average molecular weight is 393 g/mol. The van der Waals surface area contributed by atoms with Crippen molar-refractivity contribution in [2.24, 2.45) is 0 Å². The first-order chi connectivity index (χ1) is 12.3. The third kappa shape index (κ3) is 5.36. The Labute approximate surface area is 162 Å². The van der Waals surface area contributed by atoms with Crippen molar-refractivity contribution in [3.63, 3.8) is 0 Å². The van der Waals surface area contributed by atoms with Crippen molar-refractivity contribution in [2.75, 3.05) is 6.54 Å². The van der Waals surface area contributed by atoms with Gasteiger partial charge in [0.05, 0.1) is 4.90 Å². The van der Waals surface area contributed by atoms with Gasteiger partial charge in [-0.25, -0.2) is 17.5 Å². The van der Waals surface area contributed by atoms with Crippen LogP contribution in [0, 0.1) is 5.82 Å². The van der Waals surface area contributed by atoms with Gasteiger partial charge in [-0.15, -0.1) is 0 Å². The lowest BCUT2D eigenvalue weighted by atomic mass is 9.80. The highest BCUT2D eigenvalue weighted by atomic mass is 32.2. The molecule has 1 aromatic carbocycles. The molecule has 0 aliphatic heterocycles. The van der Waals surface area contributed by atoms with Crippen molar-refractivity contribution in [1.29, 1.82) is 0 Å². The number of halogens is 1. The maximum absolute atomic E-state index is 15.1. The van der Waals surface area contributed by atoms with Crippen LogP contribution in [-0.2, 0) is 27.3 Å². The summed E-state index contributed by atoms with van der Waals surface area (Å²) in [6, 6.07) is 6.61. The molecule has 0 saturated carbocycles. The zero-order chi connectivity index (χ0) is 20.5. The molecule has 0 aliphatic carbocycles. The van der Waals surface area contributed by atoms with E-state index in [4.69, 9.17) is 0 Å². The quantitative estimate of drug-likeness (QED) is 0.824. The summed E-state index contributed by atoms with van der Waals surface area (Å²) in [5.74, 6) is -0.328. The molecule has 2 aromatic rings. The van der Waals surface area contributed by atoms with E-state index in [-0.39, 0.29) is 17.3 Å². The van der Waals surface area contributed by atoms with E-state index in [1.165, 1.54) is 12.1 Å². The highest BCUT2D eigenvalue weighted by Gasteiger charge is 2.29. The van der Waals surface area contributed by atoms with Crippen molar-refractivity contribution < 1.29 is 12.8 Å². The zero-order valence-electron chi connectivity index (χ0n) is 16.9. The van der Waals surface area contributed by atoms with Crippen LogP contribution in [0.5, 0.6) is 0 Å². The molecule has 0 amide bonds. The lowest BCUT2D eigenvalue weighted by Crippen LogP contribution is -2.28. The first-order valence-electron chi connectivity index (χ1n) is 9.05. The predicted molar refractivity (Wildman–Crippen MR) is 107 cm³/mol. The first kappa shape index (κ1) is 21.5. The number of nitrogens with one attached hydrogen (secondary N) is 1. The SMILES string of the molecule is CC(C)(C)c1cc(S(=O)(=O)NCCc2ccncc2)cc(C(C)(C)C)c1F. The van der Waals surface area contributed by atoms with Gasteiger partial charge in [0.1, 0.15) is 5.82 Å². The largest absolute Gasteiger partial charge is 0.265 e. The van der Waals surface area contributed by atoms with Crippen molar-refractivity contribution in [2.45, 2.75) is 63.7 Å². The van der Waals surface area contributed by atoms with Crippen LogP contribution in [0.4, 0.5) is 4.39 Å². The molecule has 27 heavy (non-hydrogen) atoms. The van der Waals surface area contributed by atoms with Crippen molar-refractivity contribution in [3.8, 4) is 0 Å². The van der Waals surface area contributed by atoms with Gasteiger partial charge in [0, 0.05) is 18.9 Å². The molecular weight excluding hydrogens is 363 g/mol. The van der Waals surface area contributed by atoms with Gasteiger partial charge < -0.3 is 0 Å². The second kappa shape index (κ2) is 7.68. The van der Waals surface area contributed by atoms with Gasteiger partial charge in [-0.3, -0.25) is 4.98 Å². The standard InChI is InChI=1S/C21H29FN2O2S/c1-20(2,3)17-13-16(14-18(19(17)22)21(4,5)6)27(25,26)24-12-9-15-7-10-23-11-8-15/h7-8,10-11,13-14,24H,9,12H2,1-6H3. The number of rotatable bonds is 5. The molecule has 2 rings (SSSR count). The number of hydrogen-bond acceptors (Lipinski definition) is 3. The van der Waals surface area contributed by atoms with Gasteiger partial charge >= 0.3 is 0 Å². The van der Waals surface area contributed by atoms with Crippen molar-refractivity contribution in [1.82, 2.24) is 9.71 Å². The van der Waals surface area contributed by atoms with Gasteiger partial charge in [0.15, 0.2) is 0 Å². The summed E-state index contributed by atoms with van der Waals surface area (Å²) in [5.41, 5.74) is 0.797. The monoisotopic (exact) mass is 392 g/mol. The van der Waals surface area contributed by atoms with E-state index in [2.05, 4.69) is 9.71 Å². The number of aromatic nitrogens is 1. The van der Waals surface area contributed by atoms with E-state index in [0.29, 0.717) is 17.5 Å². The molecule has 0 radical (unpaired) electrons. The third-order valence-electron chi connectivity index (χ3n) is 4.43. The van der Waals surface area contributed by atoms with E-state index in [1.807, 2.05) is 53.7 Å².